The lowest BCUT2D eigenvalue weighted by molar-refractivity contribution is 1.37. The maximum absolute atomic E-state index is 2.47. The molecule has 2 aliphatic carbocycles. The first-order chi connectivity index (χ1) is 33.6. The summed E-state index contributed by atoms with van der Waals surface area (Å²) in [6.45, 7) is 4.49. The third-order valence-electron chi connectivity index (χ3n) is 15.5. The van der Waals surface area contributed by atoms with Gasteiger partial charge in [-0.15, -0.1) is 0 Å². The summed E-state index contributed by atoms with van der Waals surface area (Å²) in [5, 5.41) is 23.9. The normalized spacial score (nSPS) is 12.3. The Bertz CT molecular complexity index is 4630. The van der Waals surface area contributed by atoms with Crippen molar-refractivity contribution in [2.24, 2.45) is 0 Å². The predicted molar refractivity (Wildman–Crippen MR) is 285 cm³/mol. The molecule has 15 rings (SSSR count). The van der Waals surface area contributed by atoms with E-state index in [-0.39, 0.29) is 0 Å². The van der Waals surface area contributed by atoms with Crippen molar-refractivity contribution in [3.63, 3.8) is 0 Å². The molecule has 13 aromatic rings. The van der Waals surface area contributed by atoms with Gasteiger partial charge in [0, 0.05) is 0 Å². The monoisotopic (exact) mass is 858 g/mol. The maximum atomic E-state index is 2.47. The van der Waals surface area contributed by atoms with Crippen molar-refractivity contribution < 1.29 is 0 Å². The number of rotatable bonds is 5. The largest absolute Gasteiger partial charge is 0.0622 e. The van der Waals surface area contributed by atoms with Crippen molar-refractivity contribution in [2.75, 3.05) is 0 Å². The average Bonchev–Trinajstić information content (AvgIpc) is 3.92. The van der Waals surface area contributed by atoms with Crippen molar-refractivity contribution in [3.8, 4) is 55.6 Å². The lowest BCUT2D eigenvalue weighted by atomic mass is 9.84. The fourth-order valence-corrected chi connectivity index (χ4v) is 12.8. The molecule has 0 heterocycles. The third kappa shape index (κ3) is 4.99. The van der Waals surface area contributed by atoms with Gasteiger partial charge in [0.05, 0.1) is 0 Å². The summed E-state index contributed by atoms with van der Waals surface area (Å²) in [4.78, 5) is 0. The fourth-order valence-electron chi connectivity index (χ4n) is 12.8. The van der Waals surface area contributed by atoms with E-state index in [9.17, 15) is 0 Å². The van der Waals surface area contributed by atoms with Gasteiger partial charge in [0.15, 0.2) is 0 Å². The highest BCUT2D eigenvalue weighted by atomic mass is 14.3. The summed E-state index contributed by atoms with van der Waals surface area (Å²) < 4.78 is 0. The zero-order chi connectivity index (χ0) is 44.8. The van der Waals surface area contributed by atoms with Crippen LogP contribution in [0.2, 0.25) is 0 Å². The average molecular weight is 859 g/mol. The van der Waals surface area contributed by atoms with E-state index in [1.54, 1.807) is 0 Å². The second-order valence-electron chi connectivity index (χ2n) is 19.1. The van der Waals surface area contributed by atoms with Gasteiger partial charge in [-0.05, 0) is 171 Å². The molecule has 0 amide bonds. The zero-order valence-corrected chi connectivity index (χ0v) is 37.8. The zero-order valence-electron chi connectivity index (χ0n) is 37.8. The van der Waals surface area contributed by atoms with Gasteiger partial charge in [-0.2, -0.15) is 0 Å². The Morgan fingerprint density at radius 3 is 1.06 bits per heavy atom. The Balaban J connectivity index is 1.15. The minimum Gasteiger partial charge on any atom is -0.0622 e. The molecule has 0 saturated carbocycles. The molecular formula is C68H42. The van der Waals surface area contributed by atoms with Crippen LogP contribution in [0.15, 0.2) is 218 Å². The molecule has 0 nitrogen and oxygen atoms in total. The molecule has 0 saturated heterocycles. The van der Waals surface area contributed by atoms with Crippen LogP contribution in [0.25, 0.3) is 109 Å². The van der Waals surface area contributed by atoms with Crippen molar-refractivity contribution >= 4 is 53.9 Å². The summed E-state index contributed by atoms with van der Waals surface area (Å²) in [5.41, 5.74) is 15.3. The number of hydrogen-bond donors (Lipinski definition) is 0. The van der Waals surface area contributed by atoms with Crippen LogP contribution >= 0.6 is 0 Å². The standard InChI is InChI=1S/C68H42/c1-39-26-27-44(40(2)38-39)59-49-24-14-15-25-50(49)64(48-23-13-12-22-45(48)41-16-6-3-7-17-41)68-58-37-33-54-52-31-35-56-61-47(43-20-10-5-11-21-43)29-28-46(42-18-8-4-9-19-42)60(61)55-34-30-51(62(52)65(55)56)53-32-36-57(67(59)68)66(58)63(53)54/h3-38H,1-2H3. The SMILES string of the molecule is Cc1ccc(-c2c3c(c(-c4ccccc4-c4ccccc4)c4ccccc24)=c2ccc4c5ccc6c7c(ccc(c8ccc=3c2c84)c75)=c2c(-c3ccccc3)ccc(-c3ccccc3)c2=6)c(C)c1. The van der Waals surface area contributed by atoms with Crippen LogP contribution in [0.4, 0.5) is 0 Å². The van der Waals surface area contributed by atoms with Crippen molar-refractivity contribution in [1.82, 2.24) is 0 Å². The van der Waals surface area contributed by atoms with E-state index in [0.717, 1.165) is 0 Å². The first kappa shape index (κ1) is 37.6. The van der Waals surface area contributed by atoms with Gasteiger partial charge in [-0.1, -0.05) is 224 Å². The molecular weight excluding hydrogens is 817 g/mol. The Morgan fingerprint density at radius 2 is 0.603 bits per heavy atom. The number of aryl methyl sites for hydroxylation is 2. The van der Waals surface area contributed by atoms with Crippen LogP contribution in [0.1, 0.15) is 11.1 Å². The second kappa shape index (κ2) is 14.0. The first-order valence-electron chi connectivity index (χ1n) is 23.9. The lowest BCUT2D eigenvalue weighted by Gasteiger charge is -2.18. The molecule has 0 fully saturated rings. The van der Waals surface area contributed by atoms with Crippen LogP contribution in [-0.4, -0.2) is 0 Å². The quantitative estimate of drug-likeness (QED) is 0.119. The van der Waals surface area contributed by atoms with Gasteiger partial charge in [-0.3, -0.25) is 0 Å². The second-order valence-corrected chi connectivity index (χ2v) is 19.1. The first-order valence-corrected chi connectivity index (χ1v) is 23.9. The van der Waals surface area contributed by atoms with Crippen LogP contribution < -0.4 is 0 Å². The van der Waals surface area contributed by atoms with Gasteiger partial charge >= 0.3 is 0 Å². The summed E-state index contributed by atoms with van der Waals surface area (Å²) >= 11 is 0. The van der Waals surface area contributed by atoms with Crippen molar-refractivity contribution in [2.45, 2.75) is 13.8 Å². The summed E-state index contributed by atoms with van der Waals surface area (Å²) in [7, 11) is 0. The Hall–Kier alpha value is -8.58. The van der Waals surface area contributed by atoms with Crippen LogP contribution in [0.3, 0.4) is 0 Å². The lowest BCUT2D eigenvalue weighted by Crippen LogP contribution is -1.95. The summed E-state index contributed by atoms with van der Waals surface area (Å²) in [6, 6.07) is 82.4. The van der Waals surface area contributed by atoms with E-state index in [4.69, 9.17) is 0 Å². The van der Waals surface area contributed by atoms with Gasteiger partial charge in [0.1, 0.15) is 0 Å². The highest BCUT2D eigenvalue weighted by molar-refractivity contribution is 6.33. The van der Waals surface area contributed by atoms with Gasteiger partial charge < -0.3 is 0 Å². The fraction of sp³-hybridized carbons (Fsp3) is 0.0294. The minimum atomic E-state index is 1.22. The van der Waals surface area contributed by atoms with Crippen LogP contribution in [0.5, 0.6) is 0 Å². The maximum Gasteiger partial charge on any atom is -0.000718 e. The topological polar surface area (TPSA) is 0 Å². The highest BCUT2D eigenvalue weighted by Gasteiger charge is 2.25. The molecule has 13 aromatic carbocycles. The Morgan fingerprint density at radius 1 is 0.235 bits per heavy atom. The van der Waals surface area contributed by atoms with Gasteiger partial charge in [0.25, 0.3) is 0 Å². The molecule has 0 heteroatoms. The highest BCUT2D eigenvalue weighted by Crippen LogP contribution is 2.49. The van der Waals surface area contributed by atoms with Crippen LogP contribution in [0, 0.1) is 55.6 Å². The molecule has 0 unspecified atom stereocenters. The molecule has 0 aromatic heterocycles. The van der Waals surface area contributed by atoms with E-state index < -0.39 is 0 Å². The molecule has 2 aliphatic rings. The minimum absolute atomic E-state index is 1.22. The van der Waals surface area contributed by atoms with Gasteiger partial charge in [0.2, 0.25) is 0 Å². The molecule has 0 bridgehead atoms. The molecule has 0 spiro atoms. The third-order valence-corrected chi connectivity index (χ3v) is 15.5. The predicted octanol–water partition coefficient (Wildman–Crippen LogP) is 17.6. The van der Waals surface area contributed by atoms with E-state index in [1.165, 1.54) is 162 Å². The smallest absolute Gasteiger partial charge is 0.000718 e. The van der Waals surface area contributed by atoms with Crippen molar-refractivity contribution in [3.05, 3.63) is 271 Å². The molecule has 0 N–H and O–H groups in total. The van der Waals surface area contributed by atoms with E-state index >= 15 is 0 Å². The van der Waals surface area contributed by atoms with E-state index in [1.807, 2.05) is 0 Å². The number of fused-ring (bicyclic) bond motifs is 5. The van der Waals surface area contributed by atoms with Crippen molar-refractivity contribution in [1.29, 1.82) is 0 Å². The molecule has 314 valence electrons. The Labute approximate surface area is 392 Å². The molecule has 0 aliphatic heterocycles. The molecule has 0 radical (unpaired) electrons. The number of hydrogen-bond acceptors (Lipinski definition) is 0. The Kier molecular flexibility index (Phi) is 7.73. The summed E-state index contributed by atoms with van der Waals surface area (Å²) in [5.74, 6) is 0. The van der Waals surface area contributed by atoms with Crippen LogP contribution in [-0.2, 0) is 0 Å². The summed E-state index contributed by atoms with van der Waals surface area (Å²) in [6.07, 6.45) is 0. The van der Waals surface area contributed by atoms with E-state index in [2.05, 4.69) is 232 Å². The van der Waals surface area contributed by atoms with Gasteiger partial charge in [-0.25, -0.2) is 0 Å². The van der Waals surface area contributed by atoms with E-state index in [0.29, 0.717) is 0 Å². The molecule has 0 atom stereocenters. The molecule has 68 heavy (non-hydrogen) atoms. The number of benzene rings is 13.